The van der Waals surface area contributed by atoms with Crippen LogP contribution in [0.1, 0.15) is 22.0 Å². The third-order valence-electron chi connectivity index (χ3n) is 6.15. The van der Waals surface area contributed by atoms with Crippen LogP contribution in [0.15, 0.2) is 72.9 Å². The van der Waals surface area contributed by atoms with E-state index in [4.69, 9.17) is 11.6 Å². The van der Waals surface area contributed by atoms with Crippen LogP contribution in [0.4, 0.5) is 16.2 Å². The van der Waals surface area contributed by atoms with E-state index < -0.39 is 0 Å². The zero-order valence-electron chi connectivity index (χ0n) is 17.1. The van der Waals surface area contributed by atoms with Gasteiger partial charge in [-0.3, -0.25) is 14.7 Å². The second kappa shape index (κ2) is 8.26. The molecular formula is C24H21ClN4O3. The lowest BCUT2D eigenvalue weighted by Gasteiger charge is -2.58. The van der Waals surface area contributed by atoms with Crippen LogP contribution in [0.25, 0.3) is 0 Å². The Bertz CT molecular complexity index is 1160. The van der Waals surface area contributed by atoms with Crippen LogP contribution in [-0.2, 0) is 0 Å². The number of carbonyl (C=O) groups is 2. The van der Waals surface area contributed by atoms with Crippen molar-refractivity contribution >= 4 is 34.9 Å². The number of pyridine rings is 1. The molecule has 0 bridgehead atoms. The van der Waals surface area contributed by atoms with Crippen molar-refractivity contribution in [2.45, 2.75) is 18.0 Å². The number of hydrogen-bond donors (Lipinski definition) is 2. The van der Waals surface area contributed by atoms with Gasteiger partial charge in [-0.2, -0.15) is 0 Å². The minimum atomic E-state index is -0.364. The summed E-state index contributed by atoms with van der Waals surface area (Å²) in [6, 6.07) is 18.8. The first-order valence-corrected chi connectivity index (χ1v) is 10.7. The molecule has 3 amide bonds. The van der Waals surface area contributed by atoms with Gasteiger partial charge in [-0.05, 0) is 48.0 Å². The second-order valence-electron chi connectivity index (χ2n) is 7.88. The highest BCUT2D eigenvalue weighted by Gasteiger charge is 2.55. The van der Waals surface area contributed by atoms with Gasteiger partial charge in [0.15, 0.2) is 0 Å². The first kappa shape index (κ1) is 20.5. The number of benzene rings is 2. The molecule has 3 aromatic rings. The van der Waals surface area contributed by atoms with Crippen molar-refractivity contribution in [2.24, 2.45) is 0 Å². The number of halogens is 1. The standard InChI is InChI=1S/C24H21ClN4O3/c25-15-8-10-16(11-9-15)27-24(32)28-13-20-22(17-5-1-2-7-19(17)28)21(14-30)29(20)23(31)18-6-3-4-12-26-18/h1-12,20-22,30H,13-14H2,(H,27,32)/t20-,21-,22+/m1/s1. The maximum atomic E-state index is 13.2. The van der Waals surface area contributed by atoms with E-state index in [0.29, 0.717) is 22.9 Å². The summed E-state index contributed by atoms with van der Waals surface area (Å²) in [4.78, 5) is 33.9. The number of rotatable bonds is 3. The fraction of sp³-hybridized carbons (Fsp3) is 0.208. The number of para-hydroxylation sites is 1. The summed E-state index contributed by atoms with van der Waals surface area (Å²) in [5.74, 6) is -0.299. The molecule has 0 spiro atoms. The summed E-state index contributed by atoms with van der Waals surface area (Å²) in [5, 5.41) is 13.6. The molecule has 0 radical (unpaired) electrons. The summed E-state index contributed by atoms with van der Waals surface area (Å²) in [5.41, 5.74) is 2.67. The highest BCUT2D eigenvalue weighted by Crippen LogP contribution is 2.48. The largest absolute Gasteiger partial charge is 0.394 e. The van der Waals surface area contributed by atoms with Gasteiger partial charge in [-0.1, -0.05) is 35.9 Å². The number of nitrogens with zero attached hydrogens (tertiary/aromatic N) is 3. The molecule has 32 heavy (non-hydrogen) atoms. The fourth-order valence-corrected chi connectivity index (χ4v) is 4.83. The topological polar surface area (TPSA) is 85.8 Å². The predicted molar refractivity (Wildman–Crippen MR) is 122 cm³/mol. The Morgan fingerprint density at radius 3 is 2.53 bits per heavy atom. The van der Waals surface area contributed by atoms with E-state index in [9.17, 15) is 14.7 Å². The van der Waals surface area contributed by atoms with Crippen molar-refractivity contribution in [3.05, 3.63) is 89.2 Å². The van der Waals surface area contributed by atoms with Crippen LogP contribution in [0.5, 0.6) is 0 Å². The third-order valence-corrected chi connectivity index (χ3v) is 6.40. The van der Waals surface area contributed by atoms with Crippen LogP contribution < -0.4 is 10.2 Å². The van der Waals surface area contributed by atoms with Gasteiger partial charge in [0, 0.05) is 35.1 Å². The highest BCUT2D eigenvalue weighted by atomic mass is 35.5. The molecule has 2 aromatic carbocycles. The molecule has 8 heteroatoms. The van der Waals surface area contributed by atoms with E-state index in [1.807, 2.05) is 24.3 Å². The minimum Gasteiger partial charge on any atom is -0.394 e. The fourth-order valence-electron chi connectivity index (χ4n) is 4.70. The summed E-state index contributed by atoms with van der Waals surface area (Å²) in [6.07, 6.45) is 1.57. The number of aliphatic hydroxyl groups excluding tert-OH is 1. The predicted octanol–water partition coefficient (Wildman–Crippen LogP) is 3.76. The molecule has 3 heterocycles. The summed E-state index contributed by atoms with van der Waals surface area (Å²) in [7, 11) is 0. The Hall–Kier alpha value is -3.42. The molecule has 0 aliphatic carbocycles. The Morgan fingerprint density at radius 2 is 1.81 bits per heavy atom. The van der Waals surface area contributed by atoms with Gasteiger partial charge < -0.3 is 15.3 Å². The highest BCUT2D eigenvalue weighted by molar-refractivity contribution is 6.30. The van der Waals surface area contributed by atoms with Crippen molar-refractivity contribution in [1.82, 2.24) is 9.88 Å². The maximum Gasteiger partial charge on any atom is 0.326 e. The van der Waals surface area contributed by atoms with E-state index in [2.05, 4.69) is 10.3 Å². The molecule has 0 unspecified atom stereocenters. The molecule has 0 saturated carbocycles. The number of likely N-dealkylation sites (tertiary alicyclic amines) is 1. The molecule has 162 valence electrons. The Balaban J connectivity index is 1.46. The minimum absolute atomic E-state index is 0.0524. The summed E-state index contributed by atoms with van der Waals surface area (Å²) in [6.45, 7) is 0.154. The number of urea groups is 1. The van der Waals surface area contributed by atoms with Crippen molar-refractivity contribution in [1.29, 1.82) is 0 Å². The maximum absolute atomic E-state index is 13.2. The van der Waals surface area contributed by atoms with Gasteiger partial charge >= 0.3 is 6.03 Å². The Labute approximate surface area is 190 Å². The zero-order valence-corrected chi connectivity index (χ0v) is 17.8. The SMILES string of the molecule is O=C(Nc1ccc(Cl)cc1)N1C[C@@H]2[C@H](c3ccccc31)[C@@H](CO)N2C(=O)c1ccccn1. The summed E-state index contributed by atoms with van der Waals surface area (Å²) >= 11 is 5.94. The summed E-state index contributed by atoms with van der Waals surface area (Å²) < 4.78 is 0. The first-order chi connectivity index (χ1) is 15.6. The molecule has 1 fully saturated rings. The molecule has 1 saturated heterocycles. The number of carbonyl (C=O) groups excluding carboxylic acids is 2. The van der Waals surface area contributed by atoms with Crippen molar-refractivity contribution < 1.29 is 14.7 Å². The second-order valence-corrected chi connectivity index (χ2v) is 8.31. The molecule has 7 nitrogen and oxygen atoms in total. The van der Waals surface area contributed by atoms with Crippen LogP contribution >= 0.6 is 11.6 Å². The zero-order chi connectivity index (χ0) is 22.2. The number of aliphatic hydroxyl groups is 1. The number of nitrogens with one attached hydrogen (secondary N) is 1. The number of fused-ring (bicyclic) bond motifs is 3. The molecule has 1 aromatic heterocycles. The third kappa shape index (κ3) is 3.39. The van der Waals surface area contributed by atoms with Gasteiger partial charge in [0.2, 0.25) is 0 Å². The van der Waals surface area contributed by atoms with E-state index >= 15 is 0 Å². The Morgan fingerprint density at radius 1 is 1.06 bits per heavy atom. The monoisotopic (exact) mass is 448 g/mol. The number of aromatic nitrogens is 1. The normalized spacial score (nSPS) is 21.2. The van der Waals surface area contributed by atoms with Crippen LogP contribution in [0.3, 0.4) is 0 Å². The molecule has 2 aliphatic heterocycles. The lowest BCUT2D eigenvalue weighted by Crippen LogP contribution is -2.71. The van der Waals surface area contributed by atoms with E-state index in [1.54, 1.807) is 58.5 Å². The Kier molecular flexibility index (Phi) is 5.28. The average molecular weight is 449 g/mol. The van der Waals surface area contributed by atoms with Gasteiger partial charge in [0.25, 0.3) is 5.91 Å². The lowest BCUT2D eigenvalue weighted by atomic mass is 9.72. The average Bonchev–Trinajstić information content (AvgIpc) is 2.81. The molecule has 5 rings (SSSR count). The van der Waals surface area contributed by atoms with Gasteiger partial charge in [-0.25, -0.2) is 4.79 Å². The van der Waals surface area contributed by atoms with Crippen molar-refractivity contribution in [2.75, 3.05) is 23.4 Å². The molecule has 3 atom stereocenters. The number of anilines is 2. The van der Waals surface area contributed by atoms with Crippen LogP contribution in [0, 0.1) is 0 Å². The molecular weight excluding hydrogens is 428 g/mol. The van der Waals surface area contributed by atoms with Gasteiger partial charge in [0.05, 0.1) is 18.7 Å². The van der Waals surface area contributed by atoms with E-state index in [0.717, 1.165) is 11.3 Å². The molecule has 2 N–H and O–H groups in total. The molecule has 2 aliphatic rings. The quantitative estimate of drug-likeness (QED) is 0.639. The van der Waals surface area contributed by atoms with Crippen LogP contribution in [-0.4, -0.2) is 52.2 Å². The van der Waals surface area contributed by atoms with E-state index in [-0.39, 0.29) is 36.5 Å². The van der Waals surface area contributed by atoms with Crippen molar-refractivity contribution in [3.8, 4) is 0 Å². The number of amides is 3. The van der Waals surface area contributed by atoms with Gasteiger partial charge in [-0.15, -0.1) is 0 Å². The van der Waals surface area contributed by atoms with E-state index in [1.165, 1.54) is 0 Å². The van der Waals surface area contributed by atoms with Gasteiger partial charge in [0.1, 0.15) is 5.69 Å². The number of hydrogen-bond acceptors (Lipinski definition) is 4. The van der Waals surface area contributed by atoms with Crippen molar-refractivity contribution in [3.63, 3.8) is 0 Å². The van der Waals surface area contributed by atoms with Crippen LogP contribution in [0.2, 0.25) is 5.02 Å². The smallest absolute Gasteiger partial charge is 0.326 e. The first-order valence-electron chi connectivity index (χ1n) is 10.4. The lowest BCUT2D eigenvalue weighted by molar-refractivity contribution is -0.0245.